The number of hydrogen-bond donors (Lipinski definition) is 0. The lowest BCUT2D eigenvalue weighted by Crippen LogP contribution is -2.01. The van der Waals surface area contributed by atoms with Crippen molar-refractivity contribution in [3.05, 3.63) is 133 Å². The zero-order valence-electron chi connectivity index (χ0n) is 24.7. The van der Waals surface area contributed by atoms with Gasteiger partial charge in [-0.05, 0) is 30.3 Å². The number of hydrogen-bond acceptors (Lipinski definition) is 7. The van der Waals surface area contributed by atoms with E-state index in [1.165, 1.54) is 0 Å². The molecule has 0 spiro atoms. The number of thiazole rings is 1. The molecule has 4 aromatic heterocycles. The van der Waals surface area contributed by atoms with Gasteiger partial charge in [0.15, 0.2) is 17.5 Å². The van der Waals surface area contributed by atoms with E-state index < -0.39 is 0 Å². The summed E-state index contributed by atoms with van der Waals surface area (Å²) in [6, 6.07) is 44.6. The van der Waals surface area contributed by atoms with Crippen LogP contribution in [0.3, 0.4) is 0 Å². The molecular formula is C40H22N4O2S. The van der Waals surface area contributed by atoms with Gasteiger partial charge in [0.25, 0.3) is 0 Å². The Morgan fingerprint density at radius 1 is 0.426 bits per heavy atom. The van der Waals surface area contributed by atoms with Gasteiger partial charge in [-0.3, -0.25) is 0 Å². The molecule has 220 valence electrons. The first kappa shape index (κ1) is 26.1. The highest BCUT2D eigenvalue weighted by atomic mass is 32.1. The van der Waals surface area contributed by atoms with Gasteiger partial charge in [0, 0.05) is 44.3 Å². The molecule has 6 aromatic carbocycles. The summed E-state index contributed by atoms with van der Waals surface area (Å²) in [5.74, 6) is 1.74. The molecule has 0 unspecified atom stereocenters. The van der Waals surface area contributed by atoms with E-state index in [2.05, 4.69) is 30.3 Å². The summed E-state index contributed by atoms with van der Waals surface area (Å²) >= 11 is 1.63. The quantitative estimate of drug-likeness (QED) is 0.194. The lowest BCUT2D eigenvalue weighted by atomic mass is 10.0. The minimum atomic E-state index is 0.549. The molecule has 0 fully saturated rings. The number of benzene rings is 6. The Morgan fingerprint density at radius 3 is 1.72 bits per heavy atom. The molecular weight excluding hydrogens is 601 g/mol. The second kappa shape index (κ2) is 10.2. The summed E-state index contributed by atoms with van der Waals surface area (Å²) in [6.45, 7) is 0. The van der Waals surface area contributed by atoms with E-state index in [9.17, 15) is 0 Å². The van der Waals surface area contributed by atoms with E-state index in [4.69, 9.17) is 28.8 Å². The molecule has 0 aliphatic carbocycles. The molecule has 0 radical (unpaired) electrons. The molecule has 47 heavy (non-hydrogen) atoms. The lowest BCUT2D eigenvalue weighted by molar-refractivity contribution is 0.669. The molecule has 0 N–H and O–H groups in total. The Bertz CT molecular complexity index is 2740. The van der Waals surface area contributed by atoms with E-state index in [-0.39, 0.29) is 0 Å². The zero-order valence-corrected chi connectivity index (χ0v) is 25.5. The Morgan fingerprint density at radius 2 is 1.00 bits per heavy atom. The summed E-state index contributed by atoms with van der Waals surface area (Å²) in [4.78, 5) is 20.5. The van der Waals surface area contributed by atoms with Crippen molar-refractivity contribution in [1.82, 2.24) is 19.9 Å². The average Bonchev–Trinajstić information content (AvgIpc) is 3.84. The van der Waals surface area contributed by atoms with Crippen molar-refractivity contribution < 1.29 is 8.83 Å². The molecule has 10 rings (SSSR count). The van der Waals surface area contributed by atoms with Gasteiger partial charge in [-0.25, -0.2) is 19.9 Å². The normalized spacial score (nSPS) is 11.8. The topological polar surface area (TPSA) is 77.8 Å². The predicted octanol–water partition coefficient (Wildman–Crippen LogP) is 10.9. The van der Waals surface area contributed by atoms with E-state index in [1.807, 2.05) is 103 Å². The fraction of sp³-hybridized carbons (Fsp3) is 0. The Hall–Kier alpha value is -6.18. The minimum absolute atomic E-state index is 0.549. The molecule has 6 nitrogen and oxygen atoms in total. The number of fused-ring (bicyclic) bond motifs is 7. The van der Waals surface area contributed by atoms with Crippen LogP contribution in [0, 0.1) is 0 Å². The summed E-state index contributed by atoms with van der Waals surface area (Å²) in [6.07, 6.45) is 0. The first-order chi connectivity index (χ1) is 23.3. The van der Waals surface area contributed by atoms with Crippen LogP contribution in [0.5, 0.6) is 0 Å². The van der Waals surface area contributed by atoms with Crippen molar-refractivity contribution in [2.24, 2.45) is 0 Å². The van der Waals surface area contributed by atoms with Crippen molar-refractivity contribution in [3.8, 4) is 44.7 Å². The zero-order chi connectivity index (χ0) is 30.9. The maximum Gasteiger partial charge on any atom is 0.167 e. The Labute approximate surface area is 271 Å². The fourth-order valence-electron chi connectivity index (χ4n) is 6.39. The van der Waals surface area contributed by atoms with Gasteiger partial charge in [0.05, 0.1) is 15.8 Å². The predicted molar refractivity (Wildman–Crippen MR) is 189 cm³/mol. The Kier molecular flexibility index (Phi) is 5.64. The molecule has 7 heteroatoms. The third-order valence-corrected chi connectivity index (χ3v) is 9.62. The van der Waals surface area contributed by atoms with Crippen LogP contribution in [0.25, 0.3) is 98.8 Å². The number of para-hydroxylation sites is 2. The molecule has 0 atom stereocenters. The molecule has 0 aliphatic rings. The van der Waals surface area contributed by atoms with Crippen molar-refractivity contribution >= 4 is 65.4 Å². The first-order valence-corrected chi connectivity index (χ1v) is 16.1. The van der Waals surface area contributed by atoms with Gasteiger partial charge in [-0.15, -0.1) is 11.3 Å². The van der Waals surface area contributed by atoms with Crippen LogP contribution in [0.15, 0.2) is 142 Å². The highest BCUT2D eigenvalue weighted by molar-refractivity contribution is 7.21. The van der Waals surface area contributed by atoms with Crippen LogP contribution in [0.2, 0.25) is 0 Å². The summed E-state index contributed by atoms with van der Waals surface area (Å²) in [5, 5.41) is 4.97. The van der Waals surface area contributed by atoms with Crippen molar-refractivity contribution in [1.29, 1.82) is 0 Å². The minimum Gasteiger partial charge on any atom is -0.456 e. The molecule has 0 aliphatic heterocycles. The molecule has 0 amide bonds. The highest BCUT2D eigenvalue weighted by Crippen LogP contribution is 2.44. The van der Waals surface area contributed by atoms with Crippen LogP contribution in [0.4, 0.5) is 0 Å². The van der Waals surface area contributed by atoms with E-state index in [0.29, 0.717) is 17.5 Å². The van der Waals surface area contributed by atoms with Gasteiger partial charge in [-0.2, -0.15) is 0 Å². The molecule has 10 aromatic rings. The fourth-order valence-corrected chi connectivity index (χ4v) is 7.39. The summed E-state index contributed by atoms with van der Waals surface area (Å²) in [5.41, 5.74) is 7.79. The molecule has 0 saturated carbocycles. The molecule has 4 heterocycles. The smallest absolute Gasteiger partial charge is 0.167 e. The number of nitrogens with zero attached hydrogens (tertiary/aromatic N) is 4. The SMILES string of the molecule is c1ccc(-c2nc(-c3ccccc3)nc(-c3c4nc(-c5ccc6oc7ccccc7c6c5)sc4cc4oc5ccccc5c34)n2)cc1. The number of aromatic nitrogens is 4. The van der Waals surface area contributed by atoms with Crippen LogP contribution >= 0.6 is 11.3 Å². The largest absolute Gasteiger partial charge is 0.456 e. The van der Waals surface area contributed by atoms with Crippen molar-refractivity contribution in [2.45, 2.75) is 0 Å². The van der Waals surface area contributed by atoms with Crippen LogP contribution in [0.1, 0.15) is 0 Å². The van der Waals surface area contributed by atoms with Gasteiger partial charge < -0.3 is 8.83 Å². The van der Waals surface area contributed by atoms with Crippen molar-refractivity contribution in [3.63, 3.8) is 0 Å². The second-order valence-electron chi connectivity index (χ2n) is 11.4. The van der Waals surface area contributed by atoms with E-state index in [0.717, 1.165) is 81.4 Å². The number of furan rings is 2. The van der Waals surface area contributed by atoms with E-state index >= 15 is 0 Å². The third kappa shape index (κ3) is 4.17. The molecule has 0 saturated heterocycles. The standard InChI is InChI=1S/C40H22N4O2S/c1-3-11-23(12-4-1)37-42-38(24-13-5-2-6-14-24)44-39(43-37)35-34-27-16-8-10-18-30(27)46-32(34)22-33-36(35)41-40(47-33)25-19-20-31-28(21-25)26-15-7-9-17-29(26)45-31/h1-22H. The monoisotopic (exact) mass is 622 g/mol. The number of rotatable bonds is 4. The van der Waals surface area contributed by atoms with Gasteiger partial charge in [0.1, 0.15) is 27.3 Å². The van der Waals surface area contributed by atoms with E-state index in [1.54, 1.807) is 11.3 Å². The summed E-state index contributed by atoms with van der Waals surface area (Å²) in [7, 11) is 0. The van der Waals surface area contributed by atoms with Crippen LogP contribution in [-0.2, 0) is 0 Å². The maximum atomic E-state index is 6.46. The third-order valence-electron chi connectivity index (χ3n) is 8.57. The lowest BCUT2D eigenvalue weighted by Gasteiger charge is -2.10. The van der Waals surface area contributed by atoms with Crippen molar-refractivity contribution in [2.75, 3.05) is 0 Å². The van der Waals surface area contributed by atoms with Crippen LogP contribution in [-0.4, -0.2) is 19.9 Å². The first-order valence-electron chi connectivity index (χ1n) is 15.3. The molecule has 0 bridgehead atoms. The van der Waals surface area contributed by atoms with Crippen LogP contribution < -0.4 is 0 Å². The van der Waals surface area contributed by atoms with Gasteiger partial charge in [0.2, 0.25) is 0 Å². The maximum absolute atomic E-state index is 6.46. The average molecular weight is 623 g/mol. The van der Waals surface area contributed by atoms with Gasteiger partial charge >= 0.3 is 0 Å². The Balaban J connectivity index is 1.27. The second-order valence-corrected chi connectivity index (χ2v) is 12.5. The highest BCUT2D eigenvalue weighted by Gasteiger charge is 2.24. The van der Waals surface area contributed by atoms with Gasteiger partial charge in [-0.1, -0.05) is 97.1 Å². The summed E-state index contributed by atoms with van der Waals surface area (Å²) < 4.78 is 13.6.